The number of amides is 2. The van der Waals surface area contributed by atoms with Crippen molar-refractivity contribution in [1.82, 2.24) is 5.32 Å². The third-order valence-electron chi connectivity index (χ3n) is 4.29. The Bertz CT molecular complexity index is 1000. The van der Waals surface area contributed by atoms with Crippen molar-refractivity contribution in [2.45, 2.75) is 26.3 Å². The molecule has 1 aliphatic heterocycles. The maximum atomic E-state index is 12.4. The summed E-state index contributed by atoms with van der Waals surface area (Å²) in [6, 6.07) is 13.8. The van der Waals surface area contributed by atoms with Crippen LogP contribution in [0.1, 0.15) is 18.9 Å². The molecule has 2 amide bonds. The van der Waals surface area contributed by atoms with Crippen molar-refractivity contribution in [1.29, 1.82) is 0 Å². The third kappa shape index (κ3) is 5.34. The SMILES string of the molecule is CCOc1ccccc1NC(=O)CC1N=C(/N=C(\N)Nc2ccccc2C)NC1=O. The van der Waals surface area contributed by atoms with E-state index in [-0.39, 0.29) is 24.2 Å². The Balaban J connectivity index is 1.63. The zero-order chi connectivity index (χ0) is 21.5. The highest BCUT2D eigenvalue weighted by Crippen LogP contribution is 2.24. The molecule has 0 spiro atoms. The Morgan fingerprint density at radius 2 is 1.87 bits per heavy atom. The van der Waals surface area contributed by atoms with Gasteiger partial charge in [-0.3, -0.25) is 14.9 Å². The fraction of sp³-hybridized carbons (Fsp3) is 0.238. The number of benzene rings is 2. The second-order valence-electron chi connectivity index (χ2n) is 6.58. The van der Waals surface area contributed by atoms with Crippen molar-refractivity contribution in [3.8, 4) is 5.75 Å². The highest BCUT2D eigenvalue weighted by Gasteiger charge is 2.29. The highest BCUT2D eigenvalue weighted by atomic mass is 16.5. The molecule has 156 valence electrons. The van der Waals surface area contributed by atoms with Gasteiger partial charge in [0.2, 0.25) is 17.8 Å². The zero-order valence-corrected chi connectivity index (χ0v) is 16.8. The molecule has 1 aliphatic rings. The molecule has 0 bridgehead atoms. The van der Waals surface area contributed by atoms with Gasteiger partial charge in [0.1, 0.15) is 11.8 Å². The summed E-state index contributed by atoms with van der Waals surface area (Å²) >= 11 is 0. The summed E-state index contributed by atoms with van der Waals surface area (Å²) in [4.78, 5) is 32.8. The van der Waals surface area contributed by atoms with Crippen LogP contribution in [-0.2, 0) is 9.59 Å². The Kier molecular flexibility index (Phi) is 6.63. The van der Waals surface area contributed by atoms with E-state index in [4.69, 9.17) is 10.5 Å². The average Bonchev–Trinajstić information content (AvgIpc) is 3.04. The van der Waals surface area contributed by atoms with E-state index in [9.17, 15) is 9.59 Å². The molecule has 5 N–H and O–H groups in total. The fourth-order valence-electron chi connectivity index (χ4n) is 2.85. The molecule has 1 heterocycles. The van der Waals surface area contributed by atoms with Crippen molar-refractivity contribution >= 4 is 35.1 Å². The molecule has 2 aromatic carbocycles. The smallest absolute Gasteiger partial charge is 0.252 e. The van der Waals surface area contributed by atoms with Crippen LogP contribution in [0.3, 0.4) is 0 Å². The lowest BCUT2D eigenvalue weighted by molar-refractivity contribution is -0.123. The van der Waals surface area contributed by atoms with Gasteiger partial charge in [-0.2, -0.15) is 4.99 Å². The van der Waals surface area contributed by atoms with Gasteiger partial charge in [0.05, 0.1) is 18.7 Å². The van der Waals surface area contributed by atoms with Gasteiger partial charge in [0.15, 0.2) is 0 Å². The molecule has 0 saturated carbocycles. The first-order valence-corrected chi connectivity index (χ1v) is 9.53. The number of aryl methyl sites for hydroxylation is 1. The molecule has 0 aliphatic carbocycles. The van der Waals surface area contributed by atoms with Crippen LogP contribution >= 0.6 is 0 Å². The molecule has 1 atom stereocenters. The summed E-state index contributed by atoms with van der Waals surface area (Å²) in [7, 11) is 0. The number of nitrogens with zero attached hydrogens (tertiary/aromatic N) is 2. The second-order valence-corrected chi connectivity index (χ2v) is 6.58. The largest absolute Gasteiger partial charge is 0.492 e. The minimum absolute atomic E-state index is 0.0612. The lowest BCUT2D eigenvalue weighted by Crippen LogP contribution is -2.32. The van der Waals surface area contributed by atoms with Crippen molar-refractivity contribution in [3.63, 3.8) is 0 Å². The Hall–Kier alpha value is -3.88. The number of guanidine groups is 2. The van der Waals surface area contributed by atoms with Gasteiger partial charge < -0.3 is 21.1 Å². The van der Waals surface area contributed by atoms with Gasteiger partial charge in [-0.1, -0.05) is 30.3 Å². The zero-order valence-electron chi connectivity index (χ0n) is 16.8. The van der Waals surface area contributed by atoms with E-state index in [1.165, 1.54) is 0 Å². The molecule has 1 unspecified atom stereocenters. The van der Waals surface area contributed by atoms with Gasteiger partial charge in [0.25, 0.3) is 5.91 Å². The van der Waals surface area contributed by atoms with Crippen molar-refractivity contribution < 1.29 is 14.3 Å². The molecule has 30 heavy (non-hydrogen) atoms. The van der Waals surface area contributed by atoms with Crippen molar-refractivity contribution in [2.24, 2.45) is 15.7 Å². The van der Waals surface area contributed by atoms with E-state index >= 15 is 0 Å². The summed E-state index contributed by atoms with van der Waals surface area (Å²) in [5.41, 5.74) is 8.24. The first-order valence-electron chi connectivity index (χ1n) is 9.53. The van der Waals surface area contributed by atoms with Crippen LogP contribution in [0, 0.1) is 6.92 Å². The molecule has 3 rings (SSSR count). The van der Waals surface area contributed by atoms with E-state index in [1.54, 1.807) is 18.2 Å². The number of carbonyl (C=O) groups excluding carboxylic acids is 2. The molecule has 2 aromatic rings. The summed E-state index contributed by atoms with van der Waals surface area (Å²) in [5.74, 6) is -0.0637. The summed E-state index contributed by atoms with van der Waals surface area (Å²) in [6.45, 7) is 4.27. The van der Waals surface area contributed by atoms with Gasteiger partial charge in [-0.05, 0) is 37.6 Å². The number of carbonyl (C=O) groups is 2. The monoisotopic (exact) mass is 408 g/mol. The number of para-hydroxylation sites is 3. The Morgan fingerprint density at radius 1 is 1.17 bits per heavy atom. The van der Waals surface area contributed by atoms with E-state index in [0.29, 0.717) is 18.0 Å². The quantitative estimate of drug-likeness (QED) is 0.429. The summed E-state index contributed by atoms with van der Waals surface area (Å²) in [5, 5.41) is 8.25. The molecule has 0 radical (unpaired) electrons. The minimum atomic E-state index is -0.880. The first-order chi connectivity index (χ1) is 14.5. The lowest BCUT2D eigenvalue weighted by atomic mass is 10.2. The highest BCUT2D eigenvalue weighted by molar-refractivity contribution is 6.11. The number of aliphatic imine (C=N–C) groups is 2. The maximum absolute atomic E-state index is 12.4. The van der Waals surface area contributed by atoms with Crippen LogP contribution in [-0.4, -0.2) is 36.4 Å². The number of anilines is 2. The number of nitrogens with one attached hydrogen (secondary N) is 3. The summed E-state index contributed by atoms with van der Waals surface area (Å²) in [6.07, 6.45) is -0.129. The molecule has 0 fully saturated rings. The van der Waals surface area contributed by atoms with Gasteiger partial charge >= 0.3 is 0 Å². The third-order valence-corrected chi connectivity index (χ3v) is 4.29. The number of hydrogen-bond acceptors (Lipinski definition) is 5. The molecule has 9 heteroatoms. The van der Waals surface area contributed by atoms with Gasteiger partial charge in [-0.25, -0.2) is 4.99 Å². The van der Waals surface area contributed by atoms with Crippen LogP contribution < -0.4 is 26.4 Å². The lowest BCUT2D eigenvalue weighted by Gasteiger charge is -2.11. The van der Waals surface area contributed by atoms with Crippen LogP contribution in [0.4, 0.5) is 11.4 Å². The number of nitrogens with two attached hydrogens (primary N) is 1. The fourth-order valence-corrected chi connectivity index (χ4v) is 2.85. The summed E-state index contributed by atoms with van der Waals surface area (Å²) < 4.78 is 5.49. The van der Waals surface area contributed by atoms with Crippen LogP contribution in [0.2, 0.25) is 0 Å². The van der Waals surface area contributed by atoms with E-state index < -0.39 is 11.9 Å². The predicted molar refractivity (Wildman–Crippen MR) is 117 cm³/mol. The van der Waals surface area contributed by atoms with Crippen molar-refractivity contribution in [2.75, 3.05) is 17.2 Å². The van der Waals surface area contributed by atoms with Crippen LogP contribution in [0.5, 0.6) is 5.75 Å². The van der Waals surface area contributed by atoms with E-state index in [1.807, 2.05) is 44.2 Å². The van der Waals surface area contributed by atoms with E-state index in [0.717, 1.165) is 11.3 Å². The topological polar surface area (TPSA) is 130 Å². The van der Waals surface area contributed by atoms with Gasteiger partial charge in [-0.15, -0.1) is 0 Å². The number of ether oxygens (including phenoxy) is 1. The minimum Gasteiger partial charge on any atom is -0.492 e. The molecular formula is C21H24N6O3. The molecule has 0 saturated heterocycles. The standard InChI is InChI=1S/C21H24N6O3/c1-3-30-17-11-7-6-10-15(17)23-18(28)12-16-19(29)26-21(25-16)27-20(22)24-14-9-5-4-8-13(14)2/h4-11,16H,3,12H2,1-2H3,(H,23,28)(H4,22,24,25,26,27,29). The number of rotatable bonds is 6. The molecular weight excluding hydrogens is 384 g/mol. The normalized spacial score (nSPS) is 15.9. The first kappa shape index (κ1) is 20.8. The van der Waals surface area contributed by atoms with Gasteiger partial charge in [0, 0.05) is 5.69 Å². The number of hydrogen-bond donors (Lipinski definition) is 4. The predicted octanol–water partition coefficient (Wildman–Crippen LogP) is 2.00. The van der Waals surface area contributed by atoms with Crippen molar-refractivity contribution in [3.05, 3.63) is 54.1 Å². The van der Waals surface area contributed by atoms with Crippen LogP contribution in [0.25, 0.3) is 0 Å². The second kappa shape index (κ2) is 9.55. The van der Waals surface area contributed by atoms with Crippen LogP contribution in [0.15, 0.2) is 58.5 Å². The average molecular weight is 408 g/mol. The molecule has 0 aromatic heterocycles. The maximum Gasteiger partial charge on any atom is 0.252 e. The molecule has 9 nitrogen and oxygen atoms in total. The van der Waals surface area contributed by atoms with E-state index in [2.05, 4.69) is 25.9 Å². The Labute approximate surface area is 174 Å². The Morgan fingerprint density at radius 3 is 2.60 bits per heavy atom.